The number of carboxylic acid groups (broad SMARTS) is 1. The maximum atomic E-state index is 13.1. The molecule has 1 rings (SSSR count). The lowest BCUT2D eigenvalue weighted by molar-refractivity contribution is -0.461. The molecule has 1 aromatic carbocycles. The van der Waals surface area contributed by atoms with Crippen molar-refractivity contribution in [3.63, 3.8) is 0 Å². The average molecular weight is 586 g/mol. The number of rotatable bonds is 8. The molecule has 216 valence electrons. The largest absolute Gasteiger partial charge is 0.508 e. The van der Waals surface area contributed by atoms with Crippen LogP contribution in [0.1, 0.15) is 23.7 Å². The van der Waals surface area contributed by atoms with Gasteiger partial charge < -0.3 is 10.2 Å². The Morgan fingerprint density at radius 2 is 0.892 bits per heavy atom. The van der Waals surface area contributed by atoms with E-state index in [4.69, 9.17) is 10.2 Å². The first kappa shape index (κ1) is 34.3. The monoisotopic (exact) mass is 586 g/mol. The SMILES string of the molecule is CCC(F)(F)C(F)(F)C(F)(F)C(F)(F)C(F)(F)C(F)(F)C(F)(F)C(F)(F)F.O=C(O)c1ccc(O)cc1. The van der Waals surface area contributed by atoms with Crippen LogP contribution >= 0.6 is 0 Å². The molecule has 3 nitrogen and oxygen atoms in total. The summed E-state index contributed by atoms with van der Waals surface area (Å²) in [4.78, 5) is 10.2. The summed E-state index contributed by atoms with van der Waals surface area (Å²) in [5.41, 5.74) is 0.179. The van der Waals surface area contributed by atoms with E-state index in [9.17, 15) is 79.4 Å². The van der Waals surface area contributed by atoms with Crippen molar-refractivity contribution in [3.8, 4) is 5.75 Å². The summed E-state index contributed by atoms with van der Waals surface area (Å²) < 4.78 is 215. The number of aromatic hydroxyl groups is 1. The summed E-state index contributed by atoms with van der Waals surface area (Å²) >= 11 is 0. The zero-order valence-corrected chi connectivity index (χ0v) is 17.2. The van der Waals surface area contributed by atoms with E-state index in [1.54, 1.807) is 0 Å². The van der Waals surface area contributed by atoms with Crippen LogP contribution < -0.4 is 0 Å². The van der Waals surface area contributed by atoms with E-state index < -0.39 is 60.0 Å². The summed E-state index contributed by atoms with van der Waals surface area (Å²) in [5, 5.41) is 17.1. The van der Waals surface area contributed by atoms with Gasteiger partial charge in [-0.2, -0.15) is 74.6 Å². The Bertz CT molecular complexity index is 935. The van der Waals surface area contributed by atoms with Crippen molar-refractivity contribution in [1.29, 1.82) is 0 Å². The molecule has 0 radical (unpaired) electrons. The van der Waals surface area contributed by atoms with Gasteiger partial charge in [0.2, 0.25) is 0 Å². The number of phenolic OH excluding ortho intramolecular Hbond substituents is 1. The molecule has 0 saturated carbocycles. The van der Waals surface area contributed by atoms with Crippen molar-refractivity contribution >= 4 is 5.97 Å². The van der Waals surface area contributed by atoms with Crippen LogP contribution in [-0.4, -0.2) is 63.8 Å². The normalized spacial score (nSPS) is 14.6. The Hall–Kier alpha value is -2.70. The highest BCUT2D eigenvalue weighted by Crippen LogP contribution is 2.64. The number of alkyl halides is 17. The number of aromatic carboxylic acids is 1. The predicted molar refractivity (Wildman–Crippen MR) is 86.0 cm³/mol. The molecule has 0 fully saturated rings. The molecule has 0 aliphatic heterocycles. The zero-order chi connectivity index (χ0) is 30.3. The third kappa shape index (κ3) is 5.46. The molecule has 0 atom stereocenters. The van der Waals surface area contributed by atoms with E-state index in [1.807, 2.05) is 0 Å². The van der Waals surface area contributed by atoms with E-state index in [-0.39, 0.29) is 18.2 Å². The van der Waals surface area contributed by atoms with E-state index >= 15 is 0 Å². The first-order valence-electron chi connectivity index (χ1n) is 8.75. The van der Waals surface area contributed by atoms with E-state index in [0.717, 1.165) is 0 Å². The molecule has 0 unspecified atom stereocenters. The van der Waals surface area contributed by atoms with Crippen LogP contribution in [0.25, 0.3) is 0 Å². The molecular weight excluding hydrogens is 575 g/mol. The molecule has 0 heterocycles. The fraction of sp³-hybridized carbons (Fsp3) is 0.588. The molecule has 20 heteroatoms. The highest BCUT2D eigenvalue weighted by atomic mass is 19.4. The van der Waals surface area contributed by atoms with Gasteiger partial charge in [-0.05, 0) is 24.3 Å². The van der Waals surface area contributed by atoms with Gasteiger partial charge in [-0.3, -0.25) is 0 Å². The minimum atomic E-state index is -8.56. The van der Waals surface area contributed by atoms with Gasteiger partial charge in [-0.25, -0.2) is 4.79 Å². The number of phenols is 1. The fourth-order valence-electron chi connectivity index (χ4n) is 2.02. The molecule has 0 aromatic heterocycles. The molecule has 2 N–H and O–H groups in total. The smallest absolute Gasteiger partial charge is 0.460 e. The first-order valence-corrected chi connectivity index (χ1v) is 8.75. The summed E-state index contributed by atoms with van der Waals surface area (Å²) in [7, 11) is 0. The summed E-state index contributed by atoms with van der Waals surface area (Å²) in [5.74, 6) is -56.5. The Balaban J connectivity index is 0.00000107. The van der Waals surface area contributed by atoms with Crippen molar-refractivity contribution < 1.29 is 89.6 Å². The molecular formula is C17H11F17O3. The Morgan fingerprint density at radius 1 is 0.595 bits per heavy atom. The number of carbonyl (C=O) groups is 1. The third-order valence-electron chi connectivity index (χ3n) is 4.35. The number of carboxylic acids is 1. The molecule has 0 saturated heterocycles. The second-order valence-electron chi connectivity index (χ2n) is 6.85. The molecule has 0 aliphatic carbocycles. The first-order chi connectivity index (χ1) is 16.0. The van der Waals surface area contributed by atoms with Crippen LogP contribution in [0.4, 0.5) is 74.6 Å². The van der Waals surface area contributed by atoms with Crippen molar-refractivity contribution in [2.45, 2.75) is 61.0 Å². The van der Waals surface area contributed by atoms with Gasteiger partial charge in [0.05, 0.1) is 5.56 Å². The van der Waals surface area contributed by atoms with Gasteiger partial charge in [0, 0.05) is 6.42 Å². The van der Waals surface area contributed by atoms with Crippen LogP contribution in [0.15, 0.2) is 24.3 Å². The summed E-state index contributed by atoms with van der Waals surface area (Å²) in [6.45, 7) is -0.0628. The number of benzene rings is 1. The van der Waals surface area contributed by atoms with Gasteiger partial charge in [0.1, 0.15) is 5.75 Å². The van der Waals surface area contributed by atoms with Gasteiger partial charge in [0.15, 0.2) is 0 Å². The van der Waals surface area contributed by atoms with Crippen molar-refractivity contribution in [2.75, 3.05) is 0 Å². The van der Waals surface area contributed by atoms with Crippen LogP contribution in [0.3, 0.4) is 0 Å². The molecule has 0 spiro atoms. The van der Waals surface area contributed by atoms with Gasteiger partial charge in [-0.1, -0.05) is 6.92 Å². The van der Waals surface area contributed by atoms with Crippen molar-refractivity contribution in [3.05, 3.63) is 29.8 Å². The van der Waals surface area contributed by atoms with Crippen molar-refractivity contribution in [1.82, 2.24) is 0 Å². The minimum absolute atomic E-state index is 0.0628. The quantitative estimate of drug-likeness (QED) is 0.311. The predicted octanol–water partition coefficient (Wildman–Crippen LogP) is 7.50. The van der Waals surface area contributed by atoms with Gasteiger partial charge in [-0.15, -0.1) is 0 Å². The fourth-order valence-corrected chi connectivity index (χ4v) is 2.02. The molecule has 0 aliphatic rings. The van der Waals surface area contributed by atoms with E-state index in [2.05, 4.69) is 0 Å². The van der Waals surface area contributed by atoms with Crippen LogP contribution in [-0.2, 0) is 0 Å². The maximum Gasteiger partial charge on any atom is 0.460 e. The van der Waals surface area contributed by atoms with Crippen LogP contribution in [0, 0.1) is 0 Å². The minimum Gasteiger partial charge on any atom is -0.508 e. The second-order valence-corrected chi connectivity index (χ2v) is 6.85. The summed E-state index contributed by atoms with van der Waals surface area (Å²) in [6, 6.07) is 5.36. The molecule has 37 heavy (non-hydrogen) atoms. The lowest BCUT2D eigenvalue weighted by Crippen LogP contribution is -2.74. The second kappa shape index (κ2) is 9.88. The number of halogens is 17. The Kier molecular flexibility index (Phi) is 9.16. The average Bonchev–Trinajstić information content (AvgIpc) is 2.72. The zero-order valence-electron chi connectivity index (χ0n) is 17.2. The van der Waals surface area contributed by atoms with Gasteiger partial charge in [0.25, 0.3) is 0 Å². The van der Waals surface area contributed by atoms with Crippen LogP contribution in [0.5, 0.6) is 5.75 Å². The maximum absolute atomic E-state index is 13.1. The molecule has 0 amide bonds. The third-order valence-corrected chi connectivity index (χ3v) is 4.35. The number of hydrogen-bond acceptors (Lipinski definition) is 2. The molecule has 1 aromatic rings. The van der Waals surface area contributed by atoms with Crippen LogP contribution in [0.2, 0.25) is 0 Å². The lowest BCUT2D eigenvalue weighted by atomic mass is 9.88. The molecule has 0 bridgehead atoms. The van der Waals surface area contributed by atoms with E-state index in [0.29, 0.717) is 0 Å². The Labute approximate surface area is 193 Å². The van der Waals surface area contributed by atoms with Gasteiger partial charge >= 0.3 is 53.6 Å². The van der Waals surface area contributed by atoms with E-state index in [1.165, 1.54) is 24.3 Å². The van der Waals surface area contributed by atoms with Crippen molar-refractivity contribution in [2.24, 2.45) is 0 Å². The highest BCUT2D eigenvalue weighted by Gasteiger charge is 2.95. The lowest BCUT2D eigenvalue weighted by Gasteiger charge is -2.42. The Morgan fingerprint density at radius 3 is 1.16 bits per heavy atom. The summed E-state index contributed by atoms with van der Waals surface area (Å²) in [6.07, 6.45) is -10.2. The highest BCUT2D eigenvalue weighted by molar-refractivity contribution is 5.87. The number of hydrogen-bond donors (Lipinski definition) is 2. The standard InChI is InChI=1S/C10H5F17.C7H6O3/c1-2-3(11,12)4(13,14)5(15,16)6(17,18)7(19,20)8(21,22)9(23,24)10(25,26)27;8-6-3-1-5(2-4-6)7(9)10/h2H2,1H3;1-4,8H,(H,9,10). The topological polar surface area (TPSA) is 57.5 Å².